The molecular weight excluding hydrogens is 532 g/mol. The summed E-state index contributed by atoms with van der Waals surface area (Å²) in [5, 5.41) is 13.7. The van der Waals surface area contributed by atoms with Gasteiger partial charge in [-0.05, 0) is 90.2 Å². The van der Waals surface area contributed by atoms with Gasteiger partial charge in [-0.2, -0.15) is 0 Å². The fourth-order valence-corrected chi connectivity index (χ4v) is 11.3. The van der Waals surface area contributed by atoms with Crippen molar-refractivity contribution in [1.29, 1.82) is 0 Å². The van der Waals surface area contributed by atoms with Crippen molar-refractivity contribution >= 4 is 10.8 Å². The molecule has 8 rings (SSSR count). The van der Waals surface area contributed by atoms with Crippen LogP contribution in [0, 0.1) is 29.1 Å². The summed E-state index contributed by atoms with van der Waals surface area (Å²) in [7, 11) is 1.86. The third-order valence-electron chi connectivity index (χ3n) is 13.1. The second kappa shape index (κ2) is 10.2. The van der Waals surface area contributed by atoms with E-state index in [1.807, 2.05) is 13.2 Å². The Hall–Kier alpha value is -2.56. The number of hydrogen-bond acceptors (Lipinski definition) is 4. The molecule has 3 saturated carbocycles. The normalized spacial score (nSPS) is 35.5. The molecule has 1 spiro atoms. The molecule has 1 N–H and O–H groups in total. The van der Waals surface area contributed by atoms with Crippen LogP contribution in [0.4, 0.5) is 0 Å². The molecule has 5 aliphatic rings. The highest BCUT2D eigenvalue weighted by Crippen LogP contribution is 2.77. The number of benzene rings is 3. The molecule has 1 aliphatic heterocycles. The number of aromatic hydroxyl groups is 1. The number of fused-ring (bicyclic) bond motifs is 1. The van der Waals surface area contributed by atoms with E-state index < -0.39 is 5.60 Å². The standard InChI is InChI=1S/C39H48O4/c1-4-38-22-30(24-42-23-29-13-8-11-26-10-5-6-14-31(26)29)36(41-3)37(2)39(38)20-19-27(12-7-9-25-15-16-25)32(38)21-28-17-18-33(40)35(43-37)34(28)39/h5-6,8,10-11,13-14,17-18,25,27,30,32,36,40H,4,7,9,12,15-16,19-24H2,1-3H3. The number of phenolic OH excluding ortho intramolecular Hbond substituents is 1. The zero-order chi connectivity index (χ0) is 29.4. The van der Waals surface area contributed by atoms with Gasteiger partial charge in [-0.15, -0.1) is 0 Å². The van der Waals surface area contributed by atoms with E-state index in [1.54, 1.807) is 0 Å². The molecule has 4 heteroatoms. The topological polar surface area (TPSA) is 47.9 Å². The fraction of sp³-hybridized carbons (Fsp3) is 0.590. The maximum atomic E-state index is 11.2. The van der Waals surface area contributed by atoms with Crippen LogP contribution in [0.5, 0.6) is 11.5 Å². The second-order valence-corrected chi connectivity index (χ2v) is 14.8. The number of ether oxygens (including phenoxy) is 3. The van der Waals surface area contributed by atoms with Crippen LogP contribution in [0.25, 0.3) is 10.8 Å². The molecule has 2 bridgehead atoms. The first kappa shape index (κ1) is 28.0. The SMILES string of the molecule is CCC12CC(COCc3cccc4ccccc34)C(OC)C3(C)Oc4c(O)ccc5c4C13CCC(CCCC1CC1)C2C5. The maximum absolute atomic E-state index is 11.2. The lowest BCUT2D eigenvalue weighted by Gasteiger charge is -2.70. The molecule has 0 radical (unpaired) electrons. The Balaban J connectivity index is 1.16. The summed E-state index contributed by atoms with van der Waals surface area (Å²) >= 11 is 0. The molecule has 7 unspecified atom stereocenters. The van der Waals surface area contributed by atoms with Gasteiger partial charge < -0.3 is 19.3 Å². The van der Waals surface area contributed by atoms with Crippen molar-refractivity contribution in [3.05, 3.63) is 71.3 Å². The van der Waals surface area contributed by atoms with Crippen LogP contribution in [0.1, 0.15) is 88.3 Å². The summed E-state index contributed by atoms with van der Waals surface area (Å²) in [5.41, 5.74) is 3.36. The molecule has 0 saturated heterocycles. The van der Waals surface area contributed by atoms with Gasteiger partial charge in [0.25, 0.3) is 0 Å². The van der Waals surface area contributed by atoms with Gasteiger partial charge in [0, 0.05) is 24.0 Å². The number of methoxy groups -OCH3 is 1. The van der Waals surface area contributed by atoms with Crippen LogP contribution >= 0.6 is 0 Å². The Morgan fingerprint density at radius 1 is 0.977 bits per heavy atom. The molecule has 228 valence electrons. The third-order valence-corrected chi connectivity index (χ3v) is 13.1. The molecule has 3 aromatic rings. The largest absolute Gasteiger partial charge is 0.504 e. The highest BCUT2D eigenvalue weighted by molar-refractivity contribution is 5.85. The Morgan fingerprint density at radius 3 is 2.63 bits per heavy atom. The van der Waals surface area contributed by atoms with E-state index >= 15 is 0 Å². The van der Waals surface area contributed by atoms with Crippen molar-refractivity contribution in [2.45, 2.75) is 102 Å². The maximum Gasteiger partial charge on any atom is 0.166 e. The number of hydrogen-bond donors (Lipinski definition) is 1. The van der Waals surface area contributed by atoms with Crippen molar-refractivity contribution in [3.8, 4) is 11.5 Å². The molecule has 0 amide bonds. The summed E-state index contributed by atoms with van der Waals surface area (Å²) in [5.74, 6) is 3.61. The van der Waals surface area contributed by atoms with E-state index in [2.05, 4.69) is 62.4 Å². The molecule has 0 aromatic heterocycles. The van der Waals surface area contributed by atoms with Gasteiger partial charge in [0.05, 0.1) is 13.2 Å². The quantitative estimate of drug-likeness (QED) is 0.260. The molecule has 43 heavy (non-hydrogen) atoms. The smallest absolute Gasteiger partial charge is 0.166 e. The van der Waals surface area contributed by atoms with E-state index in [-0.39, 0.29) is 28.6 Å². The van der Waals surface area contributed by atoms with Crippen LogP contribution in [-0.2, 0) is 27.9 Å². The monoisotopic (exact) mass is 580 g/mol. The van der Waals surface area contributed by atoms with Gasteiger partial charge in [0.1, 0.15) is 11.7 Å². The minimum atomic E-state index is -0.558. The highest BCUT2D eigenvalue weighted by Gasteiger charge is 2.78. The molecule has 7 atom stereocenters. The van der Waals surface area contributed by atoms with Crippen LogP contribution in [0.15, 0.2) is 54.6 Å². The summed E-state index contributed by atoms with van der Waals surface area (Å²) in [6, 6.07) is 19.2. The molecule has 1 heterocycles. The lowest BCUT2D eigenvalue weighted by Crippen LogP contribution is -2.75. The molecule has 3 fully saturated rings. The van der Waals surface area contributed by atoms with Gasteiger partial charge in [0.15, 0.2) is 11.5 Å². The molecule has 4 aliphatic carbocycles. The van der Waals surface area contributed by atoms with Gasteiger partial charge in [-0.25, -0.2) is 0 Å². The van der Waals surface area contributed by atoms with Crippen LogP contribution in [-0.4, -0.2) is 30.5 Å². The zero-order valence-electron chi connectivity index (χ0n) is 26.2. The Kier molecular flexibility index (Phi) is 6.66. The minimum absolute atomic E-state index is 0.0960. The molecule has 4 nitrogen and oxygen atoms in total. The zero-order valence-corrected chi connectivity index (χ0v) is 26.2. The molecular formula is C39H48O4. The van der Waals surface area contributed by atoms with Crippen LogP contribution < -0.4 is 4.74 Å². The van der Waals surface area contributed by atoms with Gasteiger partial charge in [-0.3, -0.25) is 0 Å². The summed E-state index contributed by atoms with van der Waals surface area (Å²) < 4.78 is 20.2. The first-order valence-electron chi connectivity index (χ1n) is 17.1. The summed E-state index contributed by atoms with van der Waals surface area (Å²) in [4.78, 5) is 0. The predicted molar refractivity (Wildman–Crippen MR) is 171 cm³/mol. The van der Waals surface area contributed by atoms with Crippen molar-refractivity contribution in [3.63, 3.8) is 0 Å². The number of rotatable bonds is 10. The van der Waals surface area contributed by atoms with E-state index in [4.69, 9.17) is 14.2 Å². The Morgan fingerprint density at radius 2 is 1.81 bits per heavy atom. The third kappa shape index (κ3) is 3.88. The van der Waals surface area contributed by atoms with Crippen LogP contribution in [0.3, 0.4) is 0 Å². The van der Waals surface area contributed by atoms with Gasteiger partial charge in [0.2, 0.25) is 0 Å². The highest BCUT2D eigenvalue weighted by atomic mass is 16.6. The number of phenols is 1. The predicted octanol–water partition coefficient (Wildman–Crippen LogP) is 8.75. The van der Waals surface area contributed by atoms with Crippen molar-refractivity contribution < 1.29 is 19.3 Å². The lowest BCUT2D eigenvalue weighted by atomic mass is 9.34. The Bertz CT molecular complexity index is 1520. The fourth-order valence-electron chi connectivity index (χ4n) is 11.3. The minimum Gasteiger partial charge on any atom is -0.504 e. The van der Waals surface area contributed by atoms with Crippen molar-refractivity contribution in [1.82, 2.24) is 0 Å². The summed E-state index contributed by atoms with van der Waals surface area (Å²) in [6.07, 6.45) is 12.6. The second-order valence-electron chi connectivity index (χ2n) is 14.8. The average Bonchev–Trinajstić information content (AvgIpc) is 3.79. The summed E-state index contributed by atoms with van der Waals surface area (Å²) in [6.45, 7) is 6.00. The lowest BCUT2D eigenvalue weighted by molar-refractivity contribution is -0.240. The van der Waals surface area contributed by atoms with E-state index in [9.17, 15) is 5.11 Å². The van der Waals surface area contributed by atoms with Gasteiger partial charge >= 0.3 is 0 Å². The van der Waals surface area contributed by atoms with Crippen molar-refractivity contribution in [2.75, 3.05) is 13.7 Å². The van der Waals surface area contributed by atoms with Crippen molar-refractivity contribution in [2.24, 2.45) is 29.1 Å². The van der Waals surface area contributed by atoms with Gasteiger partial charge in [-0.1, -0.05) is 87.6 Å². The van der Waals surface area contributed by atoms with E-state index in [0.717, 1.165) is 43.3 Å². The van der Waals surface area contributed by atoms with Crippen LogP contribution in [0.2, 0.25) is 0 Å². The Labute approximate surface area is 257 Å². The van der Waals surface area contributed by atoms with E-state index in [0.29, 0.717) is 19.1 Å². The average molecular weight is 581 g/mol. The molecule has 3 aromatic carbocycles. The first-order chi connectivity index (χ1) is 21.0. The first-order valence-corrected chi connectivity index (χ1v) is 17.1. The van der Waals surface area contributed by atoms with E-state index in [1.165, 1.54) is 66.0 Å².